The van der Waals surface area contributed by atoms with Crippen LogP contribution in [0.5, 0.6) is 0 Å². The second-order valence-corrected chi connectivity index (χ2v) is 12.6. The number of likely N-dealkylation sites (tertiary alicyclic amines) is 1. The number of carbonyl (C=O) groups excluding carboxylic acids is 3. The number of unbranched alkanes of at least 4 members (excludes halogenated alkanes) is 1. The fraction of sp³-hybridized carbons (Fsp3) is 0.567. The number of fused-ring (bicyclic) bond motifs is 2. The summed E-state index contributed by atoms with van der Waals surface area (Å²) in [5.41, 5.74) is 0.812. The molecule has 3 amide bonds. The van der Waals surface area contributed by atoms with E-state index in [-0.39, 0.29) is 29.6 Å². The lowest BCUT2D eigenvalue weighted by Gasteiger charge is -2.36. The van der Waals surface area contributed by atoms with E-state index in [1.165, 1.54) is 0 Å². The zero-order valence-electron chi connectivity index (χ0n) is 22.8. The van der Waals surface area contributed by atoms with Crippen molar-refractivity contribution in [2.75, 3.05) is 70.5 Å². The van der Waals surface area contributed by atoms with Crippen LogP contribution < -0.4 is 4.90 Å². The molecule has 1 aromatic rings. The molecular weight excluding hydrogens is 528 g/mol. The highest BCUT2D eigenvalue weighted by Gasteiger charge is 2.70. The number of ether oxygens (including phenoxy) is 1. The Balaban J connectivity index is 1.32. The van der Waals surface area contributed by atoms with Crippen LogP contribution in [0.2, 0.25) is 0 Å². The summed E-state index contributed by atoms with van der Waals surface area (Å²) in [4.78, 5) is 50.5. The first-order chi connectivity index (χ1) is 19.5. The van der Waals surface area contributed by atoms with Gasteiger partial charge in [0.25, 0.3) is 0 Å². The third-order valence-corrected chi connectivity index (χ3v) is 10.7. The average Bonchev–Trinajstić information content (AvgIpc) is 3.29. The maximum Gasteiger partial charge on any atom is 0.247 e. The first-order valence-corrected chi connectivity index (χ1v) is 15.3. The monoisotopic (exact) mass is 566 g/mol. The number of aliphatic hydroxyl groups excluding tert-OH is 1. The molecule has 0 saturated carbocycles. The molecule has 3 fully saturated rings. The number of para-hydroxylation sites is 1. The summed E-state index contributed by atoms with van der Waals surface area (Å²) < 4.78 is 4.66. The van der Waals surface area contributed by atoms with Gasteiger partial charge in [-0.05, 0) is 25.0 Å². The van der Waals surface area contributed by atoms with Gasteiger partial charge < -0.3 is 24.5 Å². The van der Waals surface area contributed by atoms with Crippen LogP contribution in [0.15, 0.2) is 54.6 Å². The number of morpholine rings is 1. The number of thioether (sulfide) groups is 1. The lowest BCUT2D eigenvalue weighted by molar-refractivity contribution is -0.142. The standard InChI is InChI=1S/C30H38N4O5S/c35-19-5-4-13-34-26-29(38)32(16-15-31-17-20-39-21-18-31)12-7-11-30(26)25(28(34)37)24-23(40-30)10-6-14-33(27(24)36)22-8-2-1-3-9-22/h1-3,6-11,23-26,35H,4-5,12-21H2/t23-,24+,25-,26?,30-/m0/s1. The minimum atomic E-state index is -0.809. The molecule has 40 heavy (non-hydrogen) atoms. The molecule has 1 N–H and O–H groups in total. The van der Waals surface area contributed by atoms with E-state index in [0.29, 0.717) is 52.2 Å². The van der Waals surface area contributed by atoms with Gasteiger partial charge in [0, 0.05) is 63.4 Å². The quantitative estimate of drug-likeness (QED) is 0.376. The highest BCUT2D eigenvalue weighted by molar-refractivity contribution is 8.02. The molecule has 5 aliphatic rings. The fourth-order valence-electron chi connectivity index (χ4n) is 6.95. The predicted molar refractivity (Wildman–Crippen MR) is 154 cm³/mol. The SMILES string of the molecule is O=C1C2N(CCCCO)C(=O)[C@@H]3[C@@H]4C(=O)N(c5ccccc5)CC=C[C@@H]4S[C@]23C=CCN1CCN1CCOCC1. The van der Waals surface area contributed by atoms with Gasteiger partial charge in [0.15, 0.2) is 0 Å². The Morgan fingerprint density at radius 2 is 1.73 bits per heavy atom. The zero-order chi connectivity index (χ0) is 27.7. The number of hydrogen-bond acceptors (Lipinski definition) is 7. The van der Waals surface area contributed by atoms with Crippen LogP contribution in [0.3, 0.4) is 0 Å². The Labute approximate surface area is 239 Å². The number of nitrogens with zero attached hydrogens (tertiary/aromatic N) is 4. The van der Waals surface area contributed by atoms with Crippen molar-refractivity contribution >= 4 is 35.2 Å². The summed E-state index contributed by atoms with van der Waals surface area (Å²) >= 11 is 1.62. The molecule has 0 bridgehead atoms. The highest BCUT2D eigenvalue weighted by Crippen LogP contribution is 2.61. The van der Waals surface area contributed by atoms with Crippen molar-refractivity contribution < 1.29 is 24.2 Å². The fourth-order valence-corrected chi connectivity index (χ4v) is 8.95. The van der Waals surface area contributed by atoms with Gasteiger partial charge in [0.2, 0.25) is 17.7 Å². The molecule has 5 aliphatic heterocycles. The normalized spacial score (nSPS) is 32.2. The summed E-state index contributed by atoms with van der Waals surface area (Å²) in [6.45, 7) is 5.83. The van der Waals surface area contributed by atoms with Crippen LogP contribution in [0.25, 0.3) is 0 Å². The van der Waals surface area contributed by atoms with Gasteiger partial charge >= 0.3 is 0 Å². The van der Waals surface area contributed by atoms with E-state index in [0.717, 1.165) is 25.3 Å². The predicted octanol–water partition coefficient (Wildman–Crippen LogP) is 1.39. The third kappa shape index (κ3) is 4.78. The molecule has 214 valence electrons. The number of anilines is 1. The molecule has 1 spiro atoms. The topological polar surface area (TPSA) is 93.6 Å². The van der Waals surface area contributed by atoms with Gasteiger partial charge in [-0.1, -0.05) is 42.5 Å². The third-order valence-electron chi connectivity index (χ3n) is 8.91. The molecule has 0 aromatic heterocycles. The van der Waals surface area contributed by atoms with E-state index in [1.54, 1.807) is 21.6 Å². The first-order valence-electron chi connectivity index (χ1n) is 14.4. The summed E-state index contributed by atoms with van der Waals surface area (Å²) in [6, 6.07) is 8.93. The smallest absolute Gasteiger partial charge is 0.247 e. The van der Waals surface area contributed by atoms with E-state index in [9.17, 15) is 19.5 Å². The highest BCUT2D eigenvalue weighted by atomic mass is 32.2. The van der Waals surface area contributed by atoms with Crippen molar-refractivity contribution in [3.8, 4) is 0 Å². The summed E-state index contributed by atoms with van der Waals surface area (Å²) in [7, 11) is 0. The van der Waals surface area contributed by atoms with E-state index in [4.69, 9.17) is 4.74 Å². The zero-order valence-corrected chi connectivity index (χ0v) is 23.6. The summed E-state index contributed by atoms with van der Waals surface area (Å²) in [5.74, 6) is -1.40. The van der Waals surface area contributed by atoms with E-state index >= 15 is 0 Å². The van der Waals surface area contributed by atoms with Crippen molar-refractivity contribution in [2.45, 2.75) is 28.9 Å². The molecule has 0 aliphatic carbocycles. The van der Waals surface area contributed by atoms with E-state index in [1.807, 2.05) is 47.4 Å². The number of rotatable bonds is 8. The van der Waals surface area contributed by atoms with E-state index < -0.39 is 22.6 Å². The van der Waals surface area contributed by atoms with Crippen LogP contribution in [0.1, 0.15) is 12.8 Å². The van der Waals surface area contributed by atoms with Crippen molar-refractivity contribution in [1.29, 1.82) is 0 Å². The van der Waals surface area contributed by atoms with Gasteiger partial charge in [-0.2, -0.15) is 0 Å². The lowest BCUT2D eigenvalue weighted by Crippen LogP contribution is -2.54. The lowest BCUT2D eigenvalue weighted by atomic mass is 9.78. The van der Waals surface area contributed by atoms with Crippen molar-refractivity contribution in [3.05, 3.63) is 54.6 Å². The van der Waals surface area contributed by atoms with Crippen LogP contribution in [-0.2, 0) is 19.1 Å². The Morgan fingerprint density at radius 1 is 0.925 bits per heavy atom. The van der Waals surface area contributed by atoms with Crippen molar-refractivity contribution in [1.82, 2.24) is 14.7 Å². The van der Waals surface area contributed by atoms with Gasteiger partial charge in [-0.25, -0.2) is 0 Å². The number of benzene rings is 1. The molecule has 1 unspecified atom stereocenters. The number of aliphatic hydroxyl groups is 1. The Kier molecular flexibility index (Phi) is 8.03. The summed E-state index contributed by atoms with van der Waals surface area (Å²) in [6.07, 6.45) is 9.37. The molecule has 1 aromatic carbocycles. The largest absolute Gasteiger partial charge is 0.396 e. The number of carbonyl (C=O) groups is 3. The molecule has 0 radical (unpaired) electrons. The Hall–Kier alpha value is -2.66. The van der Waals surface area contributed by atoms with Crippen LogP contribution in [0.4, 0.5) is 5.69 Å². The van der Waals surface area contributed by atoms with Gasteiger partial charge in [-0.15, -0.1) is 11.8 Å². The molecule has 5 atom stereocenters. The molecule has 5 heterocycles. The van der Waals surface area contributed by atoms with Crippen molar-refractivity contribution in [3.63, 3.8) is 0 Å². The Morgan fingerprint density at radius 3 is 2.50 bits per heavy atom. The van der Waals surface area contributed by atoms with Gasteiger partial charge in [0.1, 0.15) is 6.04 Å². The molecule has 9 nitrogen and oxygen atoms in total. The van der Waals surface area contributed by atoms with Crippen LogP contribution in [0, 0.1) is 11.8 Å². The minimum Gasteiger partial charge on any atom is -0.396 e. The maximum atomic E-state index is 14.3. The number of amides is 3. The van der Waals surface area contributed by atoms with Crippen LogP contribution in [-0.4, -0.2) is 119 Å². The second-order valence-electron chi connectivity index (χ2n) is 11.2. The molecule has 6 rings (SSSR count). The molecule has 3 saturated heterocycles. The molecule has 10 heteroatoms. The van der Waals surface area contributed by atoms with E-state index in [2.05, 4.69) is 17.1 Å². The van der Waals surface area contributed by atoms with Crippen LogP contribution >= 0.6 is 11.8 Å². The summed E-state index contributed by atoms with van der Waals surface area (Å²) in [5, 5.41) is 9.24. The van der Waals surface area contributed by atoms with Crippen molar-refractivity contribution in [2.24, 2.45) is 11.8 Å². The number of hydrogen-bond donors (Lipinski definition) is 1. The maximum absolute atomic E-state index is 14.3. The van der Waals surface area contributed by atoms with Gasteiger partial charge in [0.05, 0.1) is 29.8 Å². The molecular formula is C30H38N4O5S. The average molecular weight is 567 g/mol. The Bertz CT molecular complexity index is 1170. The minimum absolute atomic E-state index is 0.0373. The second kappa shape index (κ2) is 11.7. The first kappa shape index (κ1) is 27.5. The van der Waals surface area contributed by atoms with Gasteiger partial charge in [-0.3, -0.25) is 19.3 Å².